The van der Waals surface area contributed by atoms with Gasteiger partial charge in [-0.25, -0.2) is 4.98 Å². The molecule has 154 valence electrons. The lowest BCUT2D eigenvalue weighted by Crippen LogP contribution is -2.26. The topological polar surface area (TPSA) is 106 Å². The molecule has 2 amide bonds. The van der Waals surface area contributed by atoms with Gasteiger partial charge in [0.15, 0.2) is 0 Å². The highest BCUT2D eigenvalue weighted by molar-refractivity contribution is 6.12. The number of nitrogens with one attached hydrogen (secondary N) is 2. The SMILES string of the molecule is Cc1noc2nc(C3CC3)cc(C(=O)Nc3ccc(NC(=O)C4CCCO4)cc3)c12. The molecule has 3 heterocycles. The molecular weight excluding hydrogens is 384 g/mol. The van der Waals surface area contributed by atoms with Gasteiger partial charge < -0.3 is 19.9 Å². The Morgan fingerprint density at radius 1 is 1.07 bits per heavy atom. The van der Waals surface area contributed by atoms with E-state index >= 15 is 0 Å². The second-order valence-corrected chi connectivity index (χ2v) is 7.84. The van der Waals surface area contributed by atoms with Gasteiger partial charge in [-0.3, -0.25) is 9.59 Å². The molecule has 1 aromatic carbocycles. The molecule has 8 nitrogen and oxygen atoms in total. The maximum Gasteiger partial charge on any atom is 0.259 e. The summed E-state index contributed by atoms with van der Waals surface area (Å²) in [5.41, 5.74) is 3.70. The van der Waals surface area contributed by atoms with Crippen molar-refractivity contribution < 1.29 is 18.8 Å². The highest BCUT2D eigenvalue weighted by Crippen LogP contribution is 2.40. The minimum atomic E-state index is -0.383. The third kappa shape index (κ3) is 3.66. The van der Waals surface area contributed by atoms with Crippen LogP contribution in [0.4, 0.5) is 11.4 Å². The van der Waals surface area contributed by atoms with Crippen molar-refractivity contribution in [1.29, 1.82) is 0 Å². The number of carbonyl (C=O) groups is 2. The molecule has 1 atom stereocenters. The Labute approximate surface area is 173 Å². The summed E-state index contributed by atoms with van der Waals surface area (Å²) in [5.74, 6) is 0.00356. The standard InChI is InChI=1S/C22H22N4O4/c1-12-19-16(11-17(13-4-5-13)25-22(19)30-26-12)20(27)23-14-6-8-15(9-7-14)24-21(28)18-3-2-10-29-18/h6-9,11,13,18H,2-5,10H2,1H3,(H,23,27)(H,24,28). The van der Waals surface area contributed by atoms with E-state index in [4.69, 9.17) is 9.26 Å². The van der Waals surface area contributed by atoms with Crippen LogP contribution in [0.3, 0.4) is 0 Å². The van der Waals surface area contributed by atoms with Crippen molar-refractivity contribution in [2.75, 3.05) is 17.2 Å². The maximum atomic E-state index is 13.0. The van der Waals surface area contributed by atoms with Gasteiger partial charge >= 0.3 is 0 Å². The lowest BCUT2D eigenvalue weighted by molar-refractivity contribution is -0.124. The maximum absolute atomic E-state index is 13.0. The number of carbonyl (C=O) groups excluding carboxylic acids is 2. The predicted molar refractivity (Wildman–Crippen MR) is 111 cm³/mol. The van der Waals surface area contributed by atoms with Gasteiger partial charge in [0, 0.05) is 29.6 Å². The van der Waals surface area contributed by atoms with E-state index in [0.717, 1.165) is 31.4 Å². The van der Waals surface area contributed by atoms with Gasteiger partial charge in [0.1, 0.15) is 6.10 Å². The summed E-state index contributed by atoms with van der Waals surface area (Å²) in [7, 11) is 0. The molecule has 1 unspecified atom stereocenters. The number of fused-ring (bicyclic) bond motifs is 1. The zero-order valence-corrected chi connectivity index (χ0v) is 16.6. The van der Waals surface area contributed by atoms with Crippen LogP contribution >= 0.6 is 0 Å². The van der Waals surface area contributed by atoms with Crippen LogP contribution in [-0.2, 0) is 9.53 Å². The van der Waals surface area contributed by atoms with E-state index in [2.05, 4.69) is 20.8 Å². The number of ether oxygens (including phenoxy) is 1. The van der Waals surface area contributed by atoms with E-state index in [9.17, 15) is 9.59 Å². The first-order valence-corrected chi connectivity index (χ1v) is 10.2. The zero-order valence-electron chi connectivity index (χ0n) is 16.6. The fraction of sp³-hybridized carbons (Fsp3) is 0.364. The van der Waals surface area contributed by atoms with Crippen molar-refractivity contribution in [2.45, 2.75) is 44.6 Å². The number of pyridine rings is 1. The molecule has 1 aliphatic carbocycles. The Balaban J connectivity index is 1.33. The van der Waals surface area contributed by atoms with E-state index < -0.39 is 0 Å². The van der Waals surface area contributed by atoms with Gasteiger partial charge in [-0.05, 0) is 62.9 Å². The summed E-state index contributed by atoms with van der Waals surface area (Å²) in [6, 6.07) is 8.86. The summed E-state index contributed by atoms with van der Waals surface area (Å²) in [6.07, 6.45) is 3.41. The predicted octanol–water partition coefficient (Wildman–Crippen LogP) is 3.78. The molecule has 0 radical (unpaired) electrons. The lowest BCUT2D eigenvalue weighted by atomic mass is 10.1. The minimum absolute atomic E-state index is 0.140. The molecule has 0 bridgehead atoms. The highest BCUT2D eigenvalue weighted by atomic mass is 16.5. The smallest absolute Gasteiger partial charge is 0.259 e. The van der Waals surface area contributed by atoms with Gasteiger partial charge in [-0.1, -0.05) is 5.16 Å². The number of nitrogens with zero attached hydrogens (tertiary/aromatic N) is 2. The Kier molecular flexibility index (Phi) is 4.71. The molecule has 1 saturated carbocycles. The van der Waals surface area contributed by atoms with Crippen LogP contribution in [-0.4, -0.2) is 34.7 Å². The van der Waals surface area contributed by atoms with Gasteiger partial charge in [0.25, 0.3) is 17.5 Å². The van der Waals surface area contributed by atoms with Crippen molar-refractivity contribution in [3.05, 3.63) is 47.3 Å². The van der Waals surface area contributed by atoms with Crippen LogP contribution in [0.15, 0.2) is 34.9 Å². The Morgan fingerprint density at radius 2 is 1.80 bits per heavy atom. The summed E-state index contributed by atoms with van der Waals surface area (Å²) in [5, 5.41) is 10.4. The summed E-state index contributed by atoms with van der Waals surface area (Å²) < 4.78 is 10.7. The number of rotatable bonds is 5. The molecular formula is C22H22N4O4. The zero-order chi connectivity index (χ0) is 20.7. The fourth-order valence-corrected chi connectivity index (χ4v) is 3.72. The summed E-state index contributed by atoms with van der Waals surface area (Å²) in [4.78, 5) is 29.7. The van der Waals surface area contributed by atoms with Crippen LogP contribution in [0.2, 0.25) is 0 Å². The van der Waals surface area contributed by atoms with E-state index in [1.807, 2.05) is 6.07 Å². The van der Waals surface area contributed by atoms with Crippen molar-refractivity contribution in [3.63, 3.8) is 0 Å². The average molecular weight is 406 g/mol. The minimum Gasteiger partial charge on any atom is -0.368 e. The van der Waals surface area contributed by atoms with Crippen molar-refractivity contribution in [1.82, 2.24) is 10.1 Å². The van der Waals surface area contributed by atoms with Crippen LogP contribution in [0, 0.1) is 6.92 Å². The number of anilines is 2. The van der Waals surface area contributed by atoms with Gasteiger partial charge in [0.2, 0.25) is 0 Å². The number of aromatic nitrogens is 2. The largest absolute Gasteiger partial charge is 0.368 e. The van der Waals surface area contributed by atoms with Crippen molar-refractivity contribution in [2.24, 2.45) is 0 Å². The van der Waals surface area contributed by atoms with Crippen molar-refractivity contribution >= 4 is 34.3 Å². The Bertz CT molecular complexity index is 1110. The quantitative estimate of drug-likeness (QED) is 0.668. The fourth-order valence-electron chi connectivity index (χ4n) is 3.72. The van der Waals surface area contributed by atoms with Crippen LogP contribution in [0.1, 0.15) is 53.3 Å². The molecule has 2 N–H and O–H groups in total. The van der Waals surface area contributed by atoms with E-state index in [1.165, 1.54) is 0 Å². The number of benzene rings is 1. The molecule has 1 aliphatic heterocycles. The summed E-state index contributed by atoms with van der Waals surface area (Å²) in [6.45, 7) is 2.42. The van der Waals surface area contributed by atoms with E-state index in [0.29, 0.717) is 46.3 Å². The second kappa shape index (κ2) is 7.53. The molecule has 5 rings (SSSR count). The first kappa shape index (κ1) is 18.7. The van der Waals surface area contributed by atoms with E-state index in [1.54, 1.807) is 31.2 Å². The van der Waals surface area contributed by atoms with Gasteiger partial charge in [0.05, 0.1) is 16.6 Å². The molecule has 2 aromatic heterocycles. The monoisotopic (exact) mass is 406 g/mol. The third-order valence-electron chi connectivity index (χ3n) is 5.51. The highest BCUT2D eigenvalue weighted by Gasteiger charge is 2.28. The molecule has 2 aliphatic rings. The number of hydrogen-bond donors (Lipinski definition) is 2. The van der Waals surface area contributed by atoms with Crippen LogP contribution < -0.4 is 10.6 Å². The second-order valence-electron chi connectivity index (χ2n) is 7.84. The van der Waals surface area contributed by atoms with Gasteiger partial charge in [-0.15, -0.1) is 0 Å². The Hall–Kier alpha value is -3.26. The van der Waals surface area contributed by atoms with Crippen LogP contribution in [0.25, 0.3) is 11.1 Å². The Morgan fingerprint density at radius 3 is 2.47 bits per heavy atom. The lowest BCUT2D eigenvalue weighted by Gasteiger charge is -2.11. The average Bonchev–Trinajstić information content (AvgIpc) is 3.32. The normalized spacial score (nSPS) is 18.5. The molecule has 30 heavy (non-hydrogen) atoms. The number of amides is 2. The molecule has 8 heteroatoms. The molecule has 0 spiro atoms. The first-order chi connectivity index (χ1) is 14.6. The third-order valence-corrected chi connectivity index (χ3v) is 5.51. The molecule has 2 fully saturated rings. The van der Waals surface area contributed by atoms with E-state index in [-0.39, 0.29) is 17.9 Å². The molecule has 3 aromatic rings. The summed E-state index contributed by atoms with van der Waals surface area (Å²) >= 11 is 0. The van der Waals surface area contributed by atoms with Gasteiger partial charge in [-0.2, -0.15) is 0 Å². The first-order valence-electron chi connectivity index (χ1n) is 10.2. The van der Waals surface area contributed by atoms with Crippen LogP contribution in [0.5, 0.6) is 0 Å². The number of hydrogen-bond acceptors (Lipinski definition) is 6. The number of aryl methyl sites for hydroxylation is 1. The molecule has 1 saturated heterocycles. The van der Waals surface area contributed by atoms with Crippen molar-refractivity contribution in [3.8, 4) is 0 Å².